The van der Waals surface area contributed by atoms with Gasteiger partial charge in [-0.1, -0.05) is 17.7 Å². The average Bonchev–Trinajstić information content (AvgIpc) is 2.61. The van der Waals surface area contributed by atoms with Crippen molar-refractivity contribution in [1.29, 1.82) is 0 Å². The average molecular weight is 377 g/mol. The Morgan fingerprint density at radius 2 is 1.92 bits per heavy atom. The van der Waals surface area contributed by atoms with Crippen LogP contribution in [0, 0.1) is 6.92 Å². The first-order chi connectivity index (χ1) is 12.4. The Morgan fingerprint density at radius 3 is 2.62 bits per heavy atom. The number of hydrogen-bond acceptors (Lipinski definition) is 6. The van der Waals surface area contributed by atoms with Gasteiger partial charge in [0.15, 0.2) is 6.61 Å². The van der Waals surface area contributed by atoms with E-state index in [-0.39, 0.29) is 6.54 Å². The van der Waals surface area contributed by atoms with Crippen LogP contribution in [-0.4, -0.2) is 40.3 Å². The Bertz CT molecular complexity index is 873. The number of nitrogens with zero attached hydrogens (tertiary/aromatic N) is 1. The molecule has 0 aliphatic heterocycles. The van der Waals surface area contributed by atoms with E-state index in [9.17, 15) is 19.2 Å². The van der Waals surface area contributed by atoms with E-state index in [1.54, 1.807) is 11.8 Å². The molecule has 2 N–H and O–H groups in total. The van der Waals surface area contributed by atoms with Crippen LogP contribution in [-0.2, 0) is 20.9 Å². The Balaban J connectivity index is 1.64. The van der Waals surface area contributed by atoms with Gasteiger partial charge in [0.2, 0.25) is 0 Å². The second kappa shape index (κ2) is 9.62. The van der Waals surface area contributed by atoms with Crippen LogP contribution < -0.4 is 16.6 Å². The van der Waals surface area contributed by atoms with Gasteiger partial charge in [-0.25, -0.2) is 4.79 Å². The number of aryl methyl sites for hydroxylation is 1. The Hall–Kier alpha value is -2.81. The highest BCUT2D eigenvalue weighted by Crippen LogP contribution is 2.17. The molecule has 1 aromatic carbocycles. The van der Waals surface area contributed by atoms with Gasteiger partial charge in [0.25, 0.3) is 11.5 Å². The van der Waals surface area contributed by atoms with E-state index in [1.165, 1.54) is 11.8 Å². The van der Waals surface area contributed by atoms with Crippen molar-refractivity contribution in [3.8, 4) is 0 Å². The number of aromatic amines is 1. The van der Waals surface area contributed by atoms with E-state index in [1.807, 2.05) is 36.2 Å². The predicted octanol–water partition coefficient (Wildman–Crippen LogP) is 0.297. The summed E-state index contributed by atoms with van der Waals surface area (Å²) in [5.41, 5.74) is -0.0804. The first kappa shape index (κ1) is 19.5. The Morgan fingerprint density at radius 1 is 1.19 bits per heavy atom. The molecule has 9 heteroatoms. The van der Waals surface area contributed by atoms with Gasteiger partial charge >= 0.3 is 11.7 Å². The van der Waals surface area contributed by atoms with Gasteiger partial charge in [0.1, 0.15) is 6.54 Å². The summed E-state index contributed by atoms with van der Waals surface area (Å²) in [6.45, 7) is 1.65. The first-order valence-corrected chi connectivity index (χ1v) is 8.84. The zero-order chi connectivity index (χ0) is 18.9. The molecule has 0 aliphatic rings. The minimum Gasteiger partial charge on any atom is -0.454 e. The Labute approximate surface area is 153 Å². The van der Waals surface area contributed by atoms with Gasteiger partial charge in [-0.3, -0.25) is 23.9 Å². The normalized spacial score (nSPS) is 10.3. The maximum Gasteiger partial charge on any atom is 0.328 e. The lowest BCUT2D eigenvalue weighted by Crippen LogP contribution is -2.34. The van der Waals surface area contributed by atoms with Crippen molar-refractivity contribution >= 4 is 23.6 Å². The molecule has 0 radical (unpaired) electrons. The summed E-state index contributed by atoms with van der Waals surface area (Å²) in [6.07, 6.45) is 1.19. The van der Waals surface area contributed by atoms with Crippen LogP contribution in [0.5, 0.6) is 0 Å². The third kappa shape index (κ3) is 6.60. The van der Waals surface area contributed by atoms with Crippen LogP contribution in [0.15, 0.2) is 51.0 Å². The number of thioether (sulfide) groups is 1. The van der Waals surface area contributed by atoms with Crippen molar-refractivity contribution in [2.75, 3.05) is 18.9 Å². The monoisotopic (exact) mass is 377 g/mol. The van der Waals surface area contributed by atoms with Gasteiger partial charge in [-0.15, -0.1) is 11.8 Å². The molecule has 0 bridgehead atoms. The number of ether oxygens (including phenoxy) is 1. The zero-order valence-corrected chi connectivity index (χ0v) is 15.0. The Kier molecular flexibility index (Phi) is 7.22. The number of nitrogens with one attached hydrogen (secondary N) is 2. The summed E-state index contributed by atoms with van der Waals surface area (Å²) in [7, 11) is 0. The number of rotatable bonds is 8. The highest BCUT2D eigenvalue weighted by atomic mass is 32.2. The molecule has 1 heterocycles. The van der Waals surface area contributed by atoms with Crippen LogP contribution in [0.2, 0.25) is 0 Å². The molecule has 0 spiro atoms. The van der Waals surface area contributed by atoms with E-state index in [0.717, 1.165) is 15.5 Å². The molecule has 138 valence electrons. The fourth-order valence-corrected chi connectivity index (χ4v) is 2.71. The number of aromatic nitrogens is 2. The third-order valence-corrected chi connectivity index (χ3v) is 4.29. The van der Waals surface area contributed by atoms with E-state index in [4.69, 9.17) is 4.74 Å². The van der Waals surface area contributed by atoms with E-state index in [0.29, 0.717) is 12.3 Å². The quantitative estimate of drug-likeness (QED) is 0.389. The van der Waals surface area contributed by atoms with Gasteiger partial charge in [0.05, 0.1) is 0 Å². The SMILES string of the molecule is Cc1ccc(SCCNC(=O)COC(=O)Cn2ccc(=O)[nH]c2=O)cc1. The second-order valence-electron chi connectivity index (χ2n) is 5.41. The summed E-state index contributed by atoms with van der Waals surface area (Å²) in [5.74, 6) is -0.477. The summed E-state index contributed by atoms with van der Waals surface area (Å²) < 4.78 is 5.80. The van der Waals surface area contributed by atoms with E-state index in [2.05, 4.69) is 5.32 Å². The first-order valence-electron chi connectivity index (χ1n) is 7.85. The summed E-state index contributed by atoms with van der Waals surface area (Å²) in [5, 5.41) is 2.65. The third-order valence-electron chi connectivity index (χ3n) is 3.27. The summed E-state index contributed by atoms with van der Waals surface area (Å²) in [4.78, 5) is 48.8. The van der Waals surface area contributed by atoms with Gasteiger partial charge in [0, 0.05) is 29.5 Å². The van der Waals surface area contributed by atoms with E-state index >= 15 is 0 Å². The van der Waals surface area contributed by atoms with Crippen LogP contribution in [0.4, 0.5) is 0 Å². The lowest BCUT2D eigenvalue weighted by Gasteiger charge is -2.07. The van der Waals surface area contributed by atoms with E-state index < -0.39 is 29.7 Å². The number of carbonyl (C=O) groups is 2. The minimum atomic E-state index is -0.747. The van der Waals surface area contributed by atoms with Gasteiger partial charge in [-0.05, 0) is 19.1 Å². The molecular weight excluding hydrogens is 358 g/mol. The summed E-state index contributed by atoms with van der Waals surface area (Å²) >= 11 is 1.61. The van der Waals surface area contributed by atoms with Crippen molar-refractivity contribution < 1.29 is 14.3 Å². The fraction of sp³-hybridized carbons (Fsp3) is 0.294. The molecule has 0 atom stereocenters. The number of benzene rings is 1. The lowest BCUT2D eigenvalue weighted by atomic mass is 10.2. The maximum absolute atomic E-state index is 11.7. The van der Waals surface area contributed by atoms with Crippen molar-refractivity contribution in [2.24, 2.45) is 0 Å². The molecule has 8 nitrogen and oxygen atoms in total. The molecule has 2 aromatic rings. The highest BCUT2D eigenvalue weighted by Gasteiger charge is 2.09. The molecule has 0 fully saturated rings. The van der Waals surface area contributed by atoms with Crippen molar-refractivity contribution in [3.63, 3.8) is 0 Å². The predicted molar refractivity (Wildman–Crippen MR) is 97.2 cm³/mol. The maximum atomic E-state index is 11.7. The number of hydrogen-bond donors (Lipinski definition) is 2. The van der Waals surface area contributed by atoms with Crippen molar-refractivity contribution in [3.05, 3.63) is 62.9 Å². The molecule has 2 rings (SSSR count). The molecule has 0 saturated carbocycles. The number of esters is 1. The molecule has 26 heavy (non-hydrogen) atoms. The van der Waals surface area contributed by atoms with Gasteiger partial charge < -0.3 is 10.1 Å². The molecular formula is C17H19N3O5S. The van der Waals surface area contributed by atoms with Crippen molar-refractivity contribution in [2.45, 2.75) is 18.4 Å². The second-order valence-corrected chi connectivity index (χ2v) is 6.58. The zero-order valence-electron chi connectivity index (χ0n) is 14.2. The number of H-pyrrole nitrogens is 1. The van der Waals surface area contributed by atoms with Crippen LogP contribution in [0.3, 0.4) is 0 Å². The van der Waals surface area contributed by atoms with Crippen LogP contribution in [0.1, 0.15) is 5.56 Å². The molecule has 0 aliphatic carbocycles. The highest BCUT2D eigenvalue weighted by molar-refractivity contribution is 7.99. The van der Waals surface area contributed by atoms with Crippen LogP contribution in [0.25, 0.3) is 0 Å². The molecule has 1 aromatic heterocycles. The lowest BCUT2D eigenvalue weighted by molar-refractivity contribution is -0.149. The summed E-state index contributed by atoms with van der Waals surface area (Å²) in [6, 6.07) is 9.19. The number of carbonyl (C=O) groups excluding carboxylic acids is 2. The fourth-order valence-electron chi connectivity index (χ4n) is 1.94. The largest absolute Gasteiger partial charge is 0.454 e. The van der Waals surface area contributed by atoms with Gasteiger partial charge in [-0.2, -0.15) is 0 Å². The molecule has 0 unspecified atom stereocenters. The topological polar surface area (TPSA) is 110 Å². The molecule has 1 amide bonds. The molecule has 0 saturated heterocycles. The number of amides is 1. The smallest absolute Gasteiger partial charge is 0.328 e. The minimum absolute atomic E-state index is 0.383. The standard InChI is InChI=1S/C17H19N3O5S/c1-12-2-4-13(5-3-12)26-9-7-18-15(22)11-25-16(23)10-20-8-6-14(21)19-17(20)24/h2-6,8H,7,9-11H2,1H3,(H,18,22)(H,19,21,24). The van der Waals surface area contributed by atoms with Crippen LogP contribution >= 0.6 is 11.8 Å². The van der Waals surface area contributed by atoms with Crippen molar-refractivity contribution in [1.82, 2.24) is 14.9 Å².